The number of hydrogen-bond donors (Lipinski definition) is 2. The van der Waals surface area contributed by atoms with Crippen LogP contribution in [0.2, 0.25) is 0 Å². The second-order valence-corrected chi connectivity index (χ2v) is 5.17. The average molecular weight is 453 g/mol. The summed E-state index contributed by atoms with van der Waals surface area (Å²) in [6.07, 6.45) is 3.20. The molecule has 6 N–H and O–H groups in total. The minimum absolute atomic E-state index is 0. The van der Waals surface area contributed by atoms with Crippen LogP contribution in [-0.4, -0.2) is 54.3 Å². The van der Waals surface area contributed by atoms with Crippen LogP contribution in [0.4, 0.5) is 0 Å². The van der Waals surface area contributed by atoms with Gasteiger partial charge >= 0.3 is 23.9 Å². The molecule has 2 heterocycles. The van der Waals surface area contributed by atoms with Crippen LogP contribution in [0.25, 0.3) is 11.4 Å². The summed E-state index contributed by atoms with van der Waals surface area (Å²) < 4.78 is 0. The van der Waals surface area contributed by atoms with Crippen LogP contribution in [-0.2, 0) is 26.1 Å². The van der Waals surface area contributed by atoms with E-state index in [-0.39, 0.29) is 47.9 Å². The molecule has 0 amide bonds. The van der Waals surface area contributed by atoms with Gasteiger partial charge in [0, 0.05) is 38.5 Å². The normalized spacial score (nSPS) is 8.97. The molecule has 2 aromatic rings. The van der Waals surface area contributed by atoms with Gasteiger partial charge in [0.25, 0.3) is 0 Å². The maximum Gasteiger partial charge on any atom is 0.515 e. The first-order chi connectivity index (χ1) is 12.7. The number of carboxylic acids is 2. The third kappa shape index (κ3) is 10.6. The molecule has 0 saturated heterocycles. The fourth-order valence-electron chi connectivity index (χ4n) is 1.82. The quantitative estimate of drug-likeness (QED) is 0.457. The second-order valence-electron chi connectivity index (χ2n) is 5.17. The van der Waals surface area contributed by atoms with Gasteiger partial charge in [-0.15, -0.1) is 0 Å². The Balaban J connectivity index is 0. The summed E-state index contributed by atoms with van der Waals surface area (Å²) in [6, 6.07) is 5.40. The van der Waals surface area contributed by atoms with Crippen molar-refractivity contribution in [3.8, 4) is 11.4 Å². The Bertz CT molecular complexity index is 788. The van der Waals surface area contributed by atoms with Crippen LogP contribution in [0, 0.1) is 0 Å². The number of nitrogens with zero attached hydrogens (tertiary/aromatic N) is 2. The number of pyridine rings is 2. The fourth-order valence-corrected chi connectivity index (χ4v) is 1.82. The Morgan fingerprint density at radius 1 is 0.793 bits per heavy atom. The van der Waals surface area contributed by atoms with Gasteiger partial charge in [-0.25, -0.2) is 9.59 Å². The third-order valence-corrected chi connectivity index (χ3v) is 3.08. The van der Waals surface area contributed by atoms with E-state index < -0.39 is 23.9 Å². The molecule has 0 unspecified atom stereocenters. The molecular formula is C18H22N2NiO8+2. The van der Waals surface area contributed by atoms with Crippen molar-refractivity contribution in [3.63, 3.8) is 0 Å². The largest absolute Gasteiger partial charge is 0.565 e. The van der Waals surface area contributed by atoms with E-state index in [2.05, 4.69) is 9.97 Å². The van der Waals surface area contributed by atoms with Crippen LogP contribution in [0.3, 0.4) is 0 Å². The topological polar surface area (TPSA) is 180 Å². The molecule has 0 atom stereocenters. The molecule has 10 nitrogen and oxygen atoms in total. The zero-order valence-corrected chi connectivity index (χ0v) is 15.3. The standard InChI is InChI=1S/C12H8N2O4.C5H8O4.CH4.Ni/c15-11(16)7-1-3-13-9(5-7)10-6-8(12(17)18)2-4-14-10;6-4(7)2-1-3-5(8)9;;/h1-6H,(H,15,16)(H,17,18);1-3H2,(H,6,7)(H,8,9);1H4;/p+2. The monoisotopic (exact) mass is 452 g/mol. The molecule has 0 fully saturated rings. The molecule has 0 aliphatic carbocycles. The molecule has 160 valence electrons. The minimum Gasteiger partial charge on any atom is -0.565 e. The number of rotatable bonds is 7. The van der Waals surface area contributed by atoms with Gasteiger partial charge in [0.05, 0.1) is 22.5 Å². The van der Waals surface area contributed by atoms with Crippen molar-refractivity contribution < 1.29 is 56.1 Å². The molecule has 0 aliphatic rings. The van der Waals surface area contributed by atoms with Crippen molar-refractivity contribution in [2.75, 3.05) is 0 Å². The summed E-state index contributed by atoms with van der Waals surface area (Å²) in [4.78, 5) is 49.4. The number of aromatic carboxylic acids is 2. The number of hydrogen-bond acceptors (Lipinski definition) is 6. The fraction of sp³-hybridized carbons (Fsp3) is 0.222. The first-order valence-corrected chi connectivity index (χ1v) is 7.58. The van der Waals surface area contributed by atoms with Gasteiger partial charge in [0.2, 0.25) is 0 Å². The number of carbonyl (C=O) groups is 4. The summed E-state index contributed by atoms with van der Waals surface area (Å²) >= 11 is 0. The molecule has 0 aliphatic heterocycles. The summed E-state index contributed by atoms with van der Waals surface area (Å²) in [5.41, 5.74) is 0.779. The van der Waals surface area contributed by atoms with Gasteiger partial charge < -0.3 is 20.4 Å². The van der Waals surface area contributed by atoms with E-state index in [9.17, 15) is 19.2 Å². The van der Waals surface area contributed by atoms with Crippen molar-refractivity contribution in [1.82, 2.24) is 9.97 Å². The first-order valence-electron chi connectivity index (χ1n) is 7.58. The zero-order chi connectivity index (χ0) is 20.4. The molecule has 0 aromatic carbocycles. The van der Waals surface area contributed by atoms with Crippen LogP contribution in [0.1, 0.15) is 47.4 Å². The SMILES string of the molecule is C.O=C(O)c1ccnc(-c2cc(C(=O)O)ccn2)c1.O=C([OH2+])CCCC(=O)[OH2+].[Ni]. The van der Waals surface area contributed by atoms with Gasteiger partial charge in [-0.1, -0.05) is 7.43 Å². The van der Waals surface area contributed by atoms with Crippen molar-refractivity contribution in [2.24, 2.45) is 0 Å². The Labute approximate surface area is 176 Å². The predicted octanol–water partition coefficient (Wildman–Crippen LogP) is 0.833. The van der Waals surface area contributed by atoms with Crippen LogP contribution in [0.15, 0.2) is 36.7 Å². The number of carboxylic acid groups (broad SMARTS) is 2. The first kappa shape index (κ1) is 27.9. The second kappa shape index (κ2) is 13.8. The van der Waals surface area contributed by atoms with Crippen molar-refractivity contribution in [2.45, 2.75) is 26.7 Å². The molecule has 0 spiro atoms. The van der Waals surface area contributed by atoms with Crippen LogP contribution < -0.4 is 0 Å². The van der Waals surface area contributed by atoms with E-state index in [1.54, 1.807) is 0 Å². The van der Waals surface area contributed by atoms with Crippen molar-refractivity contribution >= 4 is 23.9 Å². The van der Waals surface area contributed by atoms with Gasteiger partial charge in [0.15, 0.2) is 0 Å². The molecule has 0 radical (unpaired) electrons. The zero-order valence-electron chi connectivity index (χ0n) is 14.3. The third-order valence-electron chi connectivity index (χ3n) is 3.08. The Hall–Kier alpha value is -3.33. The molecule has 0 bridgehead atoms. The van der Waals surface area contributed by atoms with E-state index in [1.807, 2.05) is 0 Å². The summed E-state index contributed by atoms with van der Waals surface area (Å²) in [7, 11) is 0. The number of carbonyl (C=O) groups excluding carboxylic acids is 2. The smallest absolute Gasteiger partial charge is 0.515 e. The van der Waals surface area contributed by atoms with E-state index in [1.165, 1.54) is 36.7 Å². The van der Waals surface area contributed by atoms with E-state index in [4.69, 9.17) is 20.4 Å². The predicted molar refractivity (Wildman–Crippen MR) is 99.2 cm³/mol. The van der Waals surface area contributed by atoms with Gasteiger partial charge in [-0.05, 0) is 30.7 Å². The maximum atomic E-state index is 10.8. The molecular weight excluding hydrogens is 431 g/mol. The van der Waals surface area contributed by atoms with Gasteiger partial charge in [0.1, 0.15) is 12.8 Å². The minimum atomic E-state index is -1.08. The summed E-state index contributed by atoms with van der Waals surface area (Å²) in [5, 5.41) is 30.5. The Morgan fingerprint density at radius 2 is 1.14 bits per heavy atom. The van der Waals surface area contributed by atoms with Crippen molar-refractivity contribution in [3.05, 3.63) is 47.8 Å². The average Bonchev–Trinajstić information content (AvgIpc) is 2.62. The van der Waals surface area contributed by atoms with Gasteiger partial charge in [-0.2, -0.15) is 0 Å². The summed E-state index contributed by atoms with van der Waals surface area (Å²) in [5.74, 6) is -3.49. The Morgan fingerprint density at radius 3 is 1.41 bits per heavy atom. The van der Waals surface area contributed by atoms with E-state index in [0.717, 1.165) is 0 Å². The molecule has 29 heavy (non-hydrogen) atoms. The molecule has 0 saturated carbocycles. The molecule has 11 heteroatoms. The van der Waals surface area contributed by atoms with E-state index >= 15 is 0 Å². The van der Waals surface area contributed by atoms with E-state index in [0.29, 0.717) is 17.8 Å². The summed E-state index contributed by atoms with van der Waals surface area (Å²) in [6.45, 7) is 0. The van der Waals surface area contributed by atoms with Crippen LogP contribution >= 0.6 is 0 Å². The van der Waals surface area contributed by atoms with Crippen molar-refractivity contribution in [1.29, 1.82) is 0 Å². The number of aromatic nitrogens is 2. The maximum absolute atomic E-state index is 10.8. The van der Waals surface area contributed by atoms with Gasteiger partial charge in [-0.3, -0.25) is 9.97 Å². The van der Waals surface area contributed by atoms with Crippen LogP contribution in [0.5, 0.6) is 0 Å². The molecule has 2 rings (SSSR count). The Kier molecular flexibility index (Phi) is 13.3. The molecule has 2 aromatic heterocycles.